The van der Waals surface area contributed by atoms with E-state index in [4.69, 9.17) is 13.7 Å². The average Bonchev–Trinajstić information content (AvgIpc) is 3.30. The van der Waals surface area contributed by atoms with Crippen molar-refractivity contribution >= 4 is 17.1 Å². The molecule has 1 aromatic carbocycles. The highest BCUT2D eigenvalue weighted by Gasteiger charge is 2.23. The Morgan fingerprint density at radius 3 is 2.64 bits per heavy atom. The van der Waals surface area contributed by atoms with E-state index in [9.17, 15) is 4.79 Å². The summed E-state index contributed by atoms with van der Waals surface area (Å²) in [6.07, 6.45) is 1.54. The standard InChI is InChI=1S/C19H14N2O4/c1-11-5-7-12(8-6-11)17-16-13(19(22)23-2)10-14(15-4-3-9-24-15)20-18(16)25-21-17/h3-10H,1-2H3. The number of nitrogens with zero attached hydrogens (tertiary/aromatic N) is 2. The van der Waals surface area contributed by atoms with E-state index in [0.29, 0.717) is 28.1 Å². The number of methoxy groups -OCH3 is 1. The number of ether oxygens (including phenoxy) is 1. The molecule has 0 bridgehead atoms. The topological polar surface area (TPSA) is 78.4 Å². The number of pyridine rings is 1. The molecule has 0 saturated carbocycles. The van der Waals surface area contributed by atoms with Gasteiger partial charge in [0.15, 0.2) is 5.76 Å². The van der Waals surface area contributed by atoms with Crippen LogP contribution in [0, 0.1) is 6.92 Å². The molecule has 25 heavy (non-hydrogen) atoms. The fourth-order valence-electron chi connectivity index (χ4n) is 2.68. The molecule has 0 spiro atoms. The maximum absolute atomic E-state index is 12.3. The lowest BCUT2D eigenvalue weighted by atomic mass is 10.0. The van der Waals surface area contributed by atoms with Crippen molar-refractivity contribution in [1.82, 2.24) is 10.1 Å². The molecule has 4 rings (SSSR count). The zero-order chi connectivity index (χ0) is 17.4. The number of hydrogen-bond donors (Lipinski definition) is 0. The summed E-state index contributed by atoms with van der Waals surface area (Å²) in [5.41, 5.74) is 3.57. The summed E-state index contributed by atoms with van der Waals surface area (Å²) < 4.78 is 15.7. The molecule has 0 aliphatic rings. The third-order valence-electron chi connectivity index (χ3n) is 3.95. The Balaban J connectivity index is 1.98. The number of carbonyl (C=O) groups is 1. The van der Waals surface area contributed by atoms with E-state index in [-0.39, 0.29) is 5.71 Å². The SMILES string of the molecule is COC(=O)c1cc(-c2ccco2)nc2onc(-c3ccc(C)cc3)c12. The van der Waals surface area contributed by atoms with E-state index in [0.717, 1.165) is 11.1 Å². The predicted molar refractivity (Wildman–Crippen MR) is 91.0 cm³/mol. The van der Waals surface area contributed by atoms with Gasteiger partial charge in [0.1, 0.15) is 11.4 Å². The fraction of sp³-hybridized carbons (Fsp3) is 0.105. The van der Waals surface area contributed by atoms with Gasteiger partial charge >= 0.3 is 5.97 Å². The summed E-state index contributed by atoms with van der Waals surface area (Å²) in [4.78, 5) is 16.8. The number of esters is 1. The zero-order valence-electron chi connectivity index (χ0n) is 13.6. The van der Waals surface area contributed by atoms with Gasteiger partial charge in [-0.05, 0) is 25.1 Å². The number of benzene rings is 1. The van der Waals surface area contributed by atoms with Crippen LogP contribution in [0.3, 0.4) is 0 Å². The van der Waals surface area contributed by atoms with Gasteiger partial charge in [-0.15, -0.1) is 0 Å². The number of aryl methyl sites for hydroxylation is 1. The highest BCUT2D eigenvalue weighted by molar-refractivity contribution is 6.08. The highest BCUT2D eigenvalue weighted by atomic mass is 16.5. The number of rotatable bonds is 3. The normalized spacial score (nSPS) is 11.0. The molecule has 124 valence electrons. The van der Waals surface area contributed by atoms with Crippen molar-refractivity contribution in [3.8, 4) is 22.7 Å². The van der Waals surface area contributed by atoms with Gasteiger partial charge in [0.05, 0.1) is 24.3 Å². The minimum atomic E-state index is -0.489. The third-order valence-corrected chi connectivity index (χ3v) is 3.95. The molecular formula is C19H14N2O4. The Bertz CT molecular complexity index is 1050. The number of aromatic nitrogens is 2. The molecule has 0 unspecified atom stereocenters. The van der Waals surface area contributed by atoms with E-state index >= 15 is 0 Å². The summed E-state index contributed by atoms with van der Waals surface area (Å²) >= 11 is 0. The summed E-state index contributed by atoms with van der Waals surface area (Å²) in [5, 5.41) is 4.64. The fourth-order valence-corrected chi connectivity index (χ4v) is 2.68. The summed E-state index contributed by atoms with van der Waals surface area (Å²) in [5.74, 6) is 0.0390. The number of fused-ring (bicyclic) bond motifs is 1. The van der Waals surface area contributed by atoms with Gasteiger partial charge in [0.25, 0.3) is 5.71 Å². The molecular weight excluding hydrogens is 320 g/mol. The van der Waals surface area contributed by atoms with Crippen molar-refractivity contribution in [3.05, 3.63) is 59.9 Å². The molecule has 0 amide bonds. The molecule has 0 radical (unpaired) electrons. The molecule has 3 aromatic heterocycles. The number of carbonyl (C=O) groups excluding carboxylic acids is 1. The summed E-state index contributed by atoms with van der Waals surface area (Å²) in [6, 6.07) is 12.9. The lowest BCUT2D eigenvalue weighted by Crippen LogP contribution is -2.03. The number of furan rings is 1. The van der Waals surface area contributed by atoms with Crippen LogP contribution < -0.4 is 0 Å². The predicted octanol–water partition coefficient (Wildman–Crippen LogP) is 4.24. The van der Waals surface area contributed by atoms with E-state index in [2.05, 4.69) is 10.1 Å². The summed E-state index contributed by atoms with van der Waals surface area (Å²) in [7, 11) is 1.33. The van der Waals surface area contributed by atoms with E-state index in [1.807, 2.05) is 31.2 Å². The molecule has 6 heteroatoms. The van der Waals surface area contributed by atoms with Crippen LogP contribution in [0.5, 0.6) is 0 Å². The third kappa shape index (κ3) is 2.57. The maximum atomic E-state index is 12.3. The molecule has 0 fully saturated rings. The second kappa shape index (κ2) is 5.90. The van der Waals surface area contributed by atoms with Gasteiger partial charge < -0.3 is 13.7 Å². The molecule has 3 heterocycles. The van der Waals surface area contributed by atoms with Gasteiger partial charge in [0.2, 0.25) is 0 Å². The van der Waals surface area contributed by atoms with Crippen LogP contribution in [0.25, 0.3) is 33.8 Å². The first-order valence-corrected chi connectivity index (χ1v) is 7.67. The molecule has 0 N–H and O–H groups in total. The first-order valence-electron chi connectivity index (χ1n) is 7.67. The van der Waals surface area contributed by atoms with Crippen LogP contribution in [0.1, 0.15) is 15.9 Å². The minimum Gasteiger partial charge on any atom is -0.465 e. The van der Waals surface area contributed by atoms with Crippen LogP contribution in [0.15, 0.2) is 57.7 Å². The Morgan fingerprint density at radius 1 is 1.16 bits per heavy atom. The zero-order valence-corrected chi connectivity index (χ0v) is 13.6. The Morgan fingerprint density at radius 2 is 1.96 bits per heavy atom. The second-order valence-electron chi connectivity index (χ2n) is 5.60. The Labute approximate surface area is 143 Å². The lowest BCUT2D eigenvalue weighted by Gasteiger charge is -2.05. The van der Waals surface area contributed by atoms with Crippen molar-refractivity contribution in [3.63, 3.8) is 0 Å². The first-order chi connectivity index (χ1) is 12.2. The van der Waals surface area contributed by atoms with Gasteiger partial charge in [-0.1, -0.05) is 35.0 Å². The van der Waals surface area contributed by atoms with Crippen LogP contribution in [0.2, 0.25) is 0 Å². The summed E-state index contributed by atoms with van der Waals surface area (Å²) in [6.45, 7) is 2.00. The number of hydrogen-bond acceptors (Lipinski definition) is 6. The molecule has 0 atom stereocenters. The van der Waals surface area contributed by atoms with E-state index < -0.39 is 5.97 Å². The molecule has 0 aliphatic heterocycles. The van der Waals surface area contributed by atoms with Crippen LogP contribution in [0.4, 0.5) is 0 Å². The second-order valence-corrected chi connectivity index (χ2v) is 5.60. The maximum Gasteiger partial charge on any atom is 0.338 e. The van der Waals surface area contributed by atoms with Crippen LogP contribution in [-0.4, -0.2) is 23.2 Å². The molecule has 4 aromatic rings. The average molecular weight is 334 g/mol. The van der Waals surface area contributed by atoms with Crippen molar-refractivity contribution < 1.29 is 18.5 Å². The van der Waals surface area contributed by atoms with Crippen molar-refractivity contribution in [2.24, 2.45) is 0 Å². The van der Waals surface area contributed by atoms with Gasteiger partial charge in [-0.3, -0.25) is 0 Å². The van der Waals surface area contributed by atoms with Gasteiger partial charge in [0, 0.05) is 5.56 Å². The van der Waals surface area contributed by atoms with Crippen molar-refractivity contribution in [1.29, 1.82) is 0 Å². The van der Waals surface area contributed by atoms with E-state index in [1.54, 1.807) is 18.2 Å². The van der Waals surface area contributed by atoms with Crippen LogP contribution >= 0.6 is 0 Å². The quantitative estimate of drug-likeness (QED) is 0.521. The van der Waals surface area contributed by atoms with Gasteiger partial charge in [-0.2, -0.15) is 0 Å². The van der Waals surface area contributed by atoms with Crippen molar-refractivity contribution in [2.45, 2.75) is 6.92 Å². The van der Waals surface area contributed by atoms with E-state index in [1.165, 1.54) is 13.4 Å². The lowest BCUT2D eigenvalue weighted by molar-refractivity contribution is 0.0603. The first kappa shape index (κ1) is 15.1. The largest absolute Gasteiger partial charge is 0.465 e. The monoisotopic (exact) mass is 334 g/mol. The van der Waals surface area contributed by atoms with Gasteiger partial charge in [-0.25, -0.2) is 9.78 Å². The molecule has 0 aliphatic carbocycles. The van der Waals surface area contributed by atoms with Crippen LogP contribution in [-0.2, 0) is 4.74 Å². The Kier molecular flexibility index (Phi) is 3.57. The highest BCUT2D eigenvalue weighted by Crippen LogP contribution is 2.33. The molecule has 0 saturated heterocycles. The molecule has 6 nitrogen and oxygen atoms in total. The van der Waals surface area contributed by atoms with Crippen molar-refractivity contribution in [2.75, 3.05) is 7.11 Å². The Hall–Kier alpha value is -3.41. The smallest absolute Gasteiger partial charge is 0.338 e. The minimum absolute atomic E-state index is 0.255.